The van der Waals surface area contributed by atoms with E-state index in [9.17, 15) is 4.79 Å². The molecule has 1 aliphatic rings. The number of benzene rings is 1. The van der Waals surface area contributed by atoms with Crippen molar-refractivity contribution < 1.29 is 9.53 Å². The fourth-order valence-corrected chi connectivity index (χ4v) is 2.60. The molecule has 4 nitrogen and oxygen atoms in total. The standard InChI is InChI=1S/C14H19BrN2O2/c1-14(13(18)16-2)10-17(7-8-19-14)9-11-3-5-12(15)6-4-11/h3-6H,7-10H2,1-2H3,(H,16,18)/t14-/m1/s1. The molecule has 1 aromatic rings. The quantitative estimate of drug-likeness (QED) is 0.920. The van der Waals surface area contributed by atoms with Crippen molar-refractivity contribution in [2.24, 2.45) is 0 Å². The van der Waals surface area contributed by atoms with Crippen molar-refractivity contribution >= 4 is 21.8 Å². The average Bonchev–Trinajstić information content (AvgIpc) is 2.40. The first kappa shape index (κ1) is 14.5. The summed E-state index contributed by atoms with van der Waals surface area (Å²) in [5.74, 6) is -0.0620. The summed E-state index contributed by atoms with van der Waals surface area (Å²) >= 11 is 3.43. The molecule has 104 valence electrons. The number of ether oxygens (including phenoxy) is 1. The van der Waals surface area contributed by atoms with Crippen LogP contribution in [0, 0.1) is 0 Å². The van der Waals surface area contributed by atoms with Gasteiger partial charge in [-0.3, -0.25) is 9.69 Å². The summed E-state index contributed by atoms with van der Waals surface area (Å²) in [5.41, 5.74) is 0.492. The lowest BCUT2D eigenvalue weighted by Gasteiger charge is -2.39. The van der Waals surface area contributed by atoms with Crippen molar-refractivity contribution in [2.75, 3.05) is 26.7 Å². The van der Waals surface area contributed by atoms with Crippen LogP contribution in [0.5, 0.6) is 0 Å². The number of nitrogens with one attached hydrogen (secondary N) is 1. The summed E-state index contributed by atoms with van der Waals surface area (Å²) in [7, 11) is 1.64. The SMILES string of the molecule is CNC(=O)[C@@]1(C)CN(Cc2ccc(Br)cc2)CCO1. The fourth-order valence-electron chi connectivity index (χ4n) is 2.34. The van der Waals surface area contributed by atoms with Crippen LogP contribution >= 0.6 is 15.9 Å². The van der Waals surface area contributed by atoms with Gasteiger partial charge in [0, 0.05) is 31.2 Å². The van der Waals surface area contributed by atoms with Crippen LogP contribution in [0.4, 0.5) is 0 Å². The number of rotatable bonds is 3. The van der Waals surface area contributed by atoms with E-state index in [1.807, 2.05) is 19.1 Å². The van der Waals surface area contributed by atoms with Gasteiger partial charge in [0.2, 0.25) is 0 Å². The molecule has 0 bridgehead atoms. The maximum atomic E-state index is 11.9. The molecule has 19 heavy (non-hydrogen) atoms. The van der Waals surface area contributed by atoms with Crippen molar-refractivity contribution in [1.29, 1.82) is 0 Å². The Hall–Kier alpha value is -0.910. The van der Waals surface area contributed by atoms with Gasteiger partial charge in [0.1, 0.15) is 0 Å². The third-order valence-corrected chi connectivity index (χ3v) is 3.91. The Morgan fingerprint density at radius 2 is 2.16 bits per heavy atom. The number of nitrogens with zero attached hydrogens (tertiary/aromatic N) is 1. The smallest absolute Gasteiger partial charge is 0.253 e. The molecule has 0 aliphatic carbocycles. The van der Waals surface area contributed by atoms with E-state index >= 15 is 0 Å². The number of amides is 1. The predicted octanol–water partition coefficient (Wildman–Crippen LogP) is 1.79. The third-order valence-electron chi connectivity index (χ3n) is 3.38. The first-order valence-corrected chi connectivity index (χ1v) is 7.16. The normalized spacial score (nSPS) is 24.2. The largest absolute Gasteiger partial charge is 0.363 e. The molecule has 0 unspecified atom stereocenters. The highest BCUT2D eigenvalue weighted by atomic mass is 79.9. The number of hydrogen-bond donors (Lipinski definition) is 1. The average molecular weight is 327 g/mol. The van der Waals surface area contributed by atoms with E-state index in [-0.39, 0.29) is 5.91 Å². The molecule has 1 heterocycles. The Bertz CT molecular complexity index is 449. The van der Waals surface area contributed by atoms with Gasteiger partial charge in [-0.1, -0.05) is 28.1 Å². The molecule has 5 heteroatoms. The Balaban J connectivity index is 2.01. The molecular weight excluding hydrogens is 308 g/mol. The number of likely N-dealkylation sites (N-methyl/N-ethyl adjacent to an activating group) is 1. The van der Waals surface area contributed by atoms with Gasteiger partial charge in [-0.15, -0.1) is 0 Å². The topological polar surface area (TPSA) is 41.6 Å². The molecule has 0 saturated carbocycles. The van der Waals surface area contributed by atoms with Gasteiger partial charge in [-0.05, 0) is 24.6 Å². The molecule has 1 saturated heterocycles. The zero-order chi connectivity index (χ0) is 13.9. The van der Waals surface area contributed by atoms with E-state index in [4.69, 9.17) is 4.74 Å². The highest BCUT2D eigenvalue weighted by molar-refractivity contribution is 9.10. The summed E-state index contributed by atoms with van der Waals surface area (Å²) in [6.07, 6.45) is 0. The maximum Gasteiger partial charge on any atom is 0.253 e. The van der Waals surface area contributed by atoms with E-state index < -0.39 is 5.60 Å². The lowest BCUT2D eigenvalue weighted by atomic mass is 10.0. The van der Waals surface area contributed by atoms with Crippen molar-refractivity contribution in [1.82, 2.24) is 10.2 Å². The number of hydrogen-bond acceptors (Lipinski definition) is 3. The monoisotopic (exact) mass is 326 g/mol. The van der Waals surface area contributed by atoms with Gasteiger partial charge >= 0.3 is 0 Å². The summed E-state index contributed by atoms with van der Waals surface area (Å²) in [5, 5.41) is 2.67. The first-order chi connectivity index (χ1) is 9.03. The molecule has 1 aliphatic heterocycles. The minimum atomic E-state index is -0.748. The van der Waals surface area contributed by atoms with Crippen LogP contribution in [-0.4, -0.2) is 43.2 Å². The van der Waals surface area contributed by atoms with Crippen LogP contribution in [-0.2, 0) is 16.1 Å². The molecule has 1 atom stereocenters. The summed E-state index contributed by atoms with van der Waals surface area (Å²) < 4.78 is 6.72. The second-order valence-corrected chi connectivity index (χ2v) is 5.91. The molecule has 2 rings (SSSR count). The number of morpholine rings is 1. The second-order valence-electron chi connectivity index (χ2n) is 5.00. The molecule has 1 aromatic carbocycles. The van der Waals surface area contributed by atoms with Crippen LogP contribution in [0.15, 0.2) is 28.7 Å². The molecule has 1 fully saturated rings. The summed E-state index contributed by atoms with van der Waals surface area (Å²) in [6.45, 7) is 4.73. The maximum absolute atomic E-state index is 11.9. The minimum absolute atomic E-state index is 0.0620. The lowest BCUT2D eigenvalue weighted by Crippen LogP contribution is -2.57. The fraction of sp³-hybridized carbons (Fsp3) is 0.500. The Kier molecular flexibility index (Phi) is 4.60. The van der Waals surface area contributed by atoms with E-state index in [0.29, 0.717) is 13.2 Å². The van der Waals surface area contributed by atoms with Crippen LogP contribution in [0.1, 0.15) is 12.5 Å². The Morgan fingerprint density at radius 1 is 1.47 bits per heavy atom. The van der Waals surface area contributed by atoms with E-state index in [1.54, 1.807) is 7.05 Å². The zero-order valence-electron chi connectivity index (χ0n) is 11.3. The second kappa shape index (κ2) is 6.03. The summed E-state index contributed by atoms with van der Waals surface area (Å²) in [6, 6.07) is 8.26. The van der Waals surface area contributed by atoms with Crippen LogP contribution in [0.3, 0.4) is 0 Å². The van der Waals surface area contributed by atoms with E-state index in [0.717, 1.165) is 17.6 Å². The van der Waals surface area contributed by atoms with Crippen molar-refractivity contribution in [3.63, 3.8) is 0 Å². The van der Waals surface area contributed by atoms with Crippen molar-refractivity contribution in [3.8, 4) is 0 Å². The van der Waals surface area contributed by atoms with Crippen LogP contribution < -0.4 is 5.32 Å². The summed E-state index contributed by atoms with van der Waals surface area (Å²) in [4.78, 5) is 14.1. The lowest BCUT2D eigenvalue weighted by molar-refractivity contribution is -0.156. The molecule has 0 spiro atoms. The molecule has 1 amide bonds. The van der Waals surface area contributed by atoms with Gasteiger partial charge in [-0.2, -0.15) is 0 Å². The highest BCUT2D eigenvalue weighted by Crippen LogP contribution is 2.20. The van der Waals surface area contributed by atoms with Crippen molar-refractivity contribution in [2.45, 2.75) is 19.1 Å². The highest BCUT2D eigenvalue weighted by Gasteiger charge is 2.38. The first-order valence-electron chi connectivity index (χ1n) is 6.36. The van der Waals surface area contributed by atoms with Gasteiger partial charge in [0.15, 0.2) is 5.60 Å². The number of carbonyl (C=O) groups excluding carboxylic acids is 1. The minimum Gasteiger partial charge on any atom is -0.363 e. The van der Waals surface area contributed by atoms with Gasteiger partial charge in [0.05, 0.1) is 6.61 Å². The van der Waals surface area contributed by atoms with Gasteiger partial charge < -0.3 is 10.1 Å². The molecular formula is C14H19BrN2O2. The Morgan fingerprint density at radius 3 is 2.79 bits per heavy atom. The van der Waals surface area contributed by atoms with Crippen LogP contribution in [0.2, 0.25) is 0 Å². The predicted molar refractivity (Wildman–Crippen MR) is 77.8 cm³/mol. The molecule has 0 aromatic heterocycles. The van der Waals surface area contributed by atoms with Gasteiger partial charge in [-0.25, -0.2) is 0 Å². The van der Waals surface area contributed by atoms with Crippen molar-refractivity contribution in [3.05, 3.63) is 34.3 Å². The van der Waals surface area contributed by atoms with Gasteiger partial charge in [0.25, 0.3) is 5.91 Å². The van der Waals surface area contributed by atoms with E-state index in [1.165, 1.54) is 5.56 Å². The third kappa shape index (κ3) is 3.55. The zero-order valence-corrected chi connectivity index (χ0v) is 12.9. The molecule has 0 radical (unpaired) electrons. The molecule has 1 N–H and O–H groups in total. The Labute approximate surface area is 122 Å². The van der Waals surface area contributed by atoms with E-state index in [2.05, 4.69) is 38.3 Å². The van der Waals surface area contributed by atoms with Crippen LogP contribution in [0.25, 0.3) is 0 Å². The number of carbonyl (C=O) groups is 1. The number of halogens is 1.